The monoisotopic (exact) mass is 120 g/mol. The number of hydrogen-bond acceptors (Lipinski definition) is 3. The molecule has 0 spiro atoms. The van der Waals surface area contributed by atoms with Crippen molar-refractivity contribution in [2.45, 2.75) is 0 Å². The van der Waals surface area contributed by atoms with Gasteiger partial charge in [-0.05, 0) is 6.07 Å². The molecule has 0 amide bonds. The molecule has 1 heterocycles. The van der Waals surface area contributed by atoms with Crippen LogP contribution in [0.2, 0.25) is 0 Å². The Hall–Kier alpha value is -0.120. The second-order valence-corrected chi connectivity index (χ2v) is 1.05. The van der Waals surface area contributed by atoms with E-state index in [4.69, 9.17) is 5.11 Å². The average molecular weight is 120 g/mol. The van der Waals surface area contributed by atoms with Gasteiger partial charge in [0.15, 0.2) is 0 Å². The molecule has 4 heteroatoms. The van der Waals surface area contributed by atoms with Crippen LogP contribution in [-0.4, -0.2) is 44.6 Å². The van der Waals surface area contributed by atoms with Crippen molar-refractivity contribution in [3.05, 3.63) is 18.5 Å². The first-order valence-electron chi connectivity index (χ1n) is 1.85. The molecule has 0 atom stereocenters. The van der Waals surface area contributed by atoms with Gasteiger partial charge in [-0.3, -0.25) is 0 Å². The number of aromatic nitrogens is 2. The van der Waals surface area contributed by atoms with Gasteiger partial charge in [0.1, 0.15) is 0 Å². The van der Waals surface area contributed by atoms with Gasteiger partial charge in [-0.25, -0.2) is 9.97 Å². The van der Waals surface area contributed by atoms with Crippen molar-refractivity contribution in [1.82, 2.24) is 9.97 Å². The molecule has 1 aromatic heterocycles. The van der Waals surface area contributed by atoms with E-state index >= 15 is 0 Å². The Bertz CT molecular complexity index is 144. The third-order valence-corrected chi connectivity index (χ3v) is 0.552. The molecule has 8 heavy (non-hydrogen) atoms. The van der Waals surface area contributed by atoms with Crippen molar-refractivity contribution in [1.29, 1.82) is 0 Å². The van der Waals surface area contributed by atoms with Gasteiger partial charge in [-0.1, -0.05) is 0 Å². The van der Waals surface area contributed by atoms with E-state index in [2.05, 4.69) is 9.97 Å². The van der Waals surface area contributed by atoms with Crippen molar-refractivity contribution >= 4 is 29.6 Å². The van der Waals surface area contributed by atoms with Crippen LogP contribution in [0.25, 0.3) is 0 Å². The molecule has 0 saturated carbocycles. The summed E-state index contributed by atoms with van der Waals surface area (Å²) in [4.78, 5) is 6.85. The molecule has 0 aliphatic rings. The Balaban J connectivity index is 0.000000490. The molecule has 0 unspecified atom stereocenters. The molecule has 1 aromatic rings. The number of hydrogen-bond donors (Lipinski definition) is 1. The standard InChI is InChI=1S/C4H4N2O.Na.H/c7-4-5-2-1-3-6-4;;/h1-3H,(H,5,6,7);;. The van der Waals surface area contributed by atoms with Gasteiger partial charge in [0.05, 0.1) is 0 Å². The van der Waals surface area contributed by atoms with Crippen molar-refractivity contribution in [2.24, 2.45) is 0 Å². The number of aromatic hydroxyl groups is 1. The van der Waals surface area contributed by atoms with Gasteiger partial charge in [-0.15, -0.1) is 0 Å². The summed E-state index contributed by atoms with van der Waals surface area (Å²) in [5.74, 6) is 0. The van der Waals surface area contributed by atoms with Crippen LogP contribution in [0.5, 0.6) is 6.01 Å². The molecule has 38 valence electrons. The van der Waals surface area contributed by atoms with Gasteiger partial charge in [0, 0.05) is 12.4 Å². The van der Waals surface area contributed by atoms with Crippen LogP contribution in [0.4, 0.5) is 0 Å². The summed E-state index contributed by atoms with van der Waals surface area (Å²) >= 11 is 0. The van der Waals surface area contributed by atoms with Crippen LogP contribution in [0, 0.1) is 0 Å². The first-order valence-corrected chi connectivity index (χ1v) is 1.85. The molecule has 0 saturated heterocycles. The van der Waals surface area contributed by atoms with Crippen LogP contribution >= 0.6 is 0 Å². The Morgan fingerprint density at radius 2 is 1.75 bits per heavy atom. The fourth-order valence-electron chi connectivity index (χ4n) is 0.291. The van der Waals surface area contributed by atoms with E-state index < -0.39 is 0 Å². The summed E-state index contributed by atoms with van der Waals surface area (Å²) in [5.41, 5.74) is 0. The summed E-state index contributed by atoms with van der Waals surface area (Å²) in [6.45, 7) is 0. The topological polar surface area (TPSA) is 46.0 Å². The summed E-state index contributed by atoms with van der Waals surface area (Å²) in [6.07, 6.45) is 2.95. The van der Waals surface area contributed by atoms with Crippen LogP contribution in [0.1, 0.15) is 0 Å². The van der Waals surface area contributed by atoms with Crippen molar-refractivity contribution in [2.75, 3.05) is 0 Å². The molecule has 0 aliphatic heterocycles. The molecule has 0 aromatic carbocycles. The van der Waals surface area contributed by atoms with Crippen LogP contribution in [-0.2, 0) is 0 Å². The Labute approximate surface area is 69.1 Å². The summed E-state index contributed by atoms with van der Waals surface area (Å²) < 4.78 is 0. The predicted molar refractivity (Wildman–Crippen MR) is 30.8 cm³/mol. The maximum absolute atomic E-state index is 8.41. The zero-order chi connectivity index (χ0) is 5.11. The third-order valence-electron chi connectivity index (χ3n) is 0.552. The van der Waals surface area contributed by atoms with E-state index in [1.807, 2.05) is 0 Å². The summed E-state index contributed by atoms with van der Waals surface area (Å²) in [7, 11) is 0. The van der Waals surface area contributed by atoms with Crippen molar-refractivity contribution in [3.8, 4) is 6.01 Å². The molecular formula is C4H5N2NaO. The van der Waals surface area contributed by atoms with Gasteiger partial charge in [-0.2, -0.15) is 0 Å². The first-order chi connectivity index (χ1) is 3.39. The molecule has 0 bridgehead atoms. The molecular weight excluding hydrogens is 115 g/mol. The van der Waals surface area contributed by atoms with Crippen molar-refractivity contribution in [3.63, 3.8) is 0 Å². The number of rotatable bonds is 0. The summed E-state index contributed by atoms with van der Waals surface area (Å²) in [6, 6.07) is 1.46. The molecule has 1 N–H and O–H groups in total. The van der Waals surface area contributed by atoms with Gasteiger partial charge in [0.2, 0.25) is 0 Å². The van der Waals surface area contributed by atoms with Gasteiger partial charge in [0.25, 0.3) is 0 Å². The molecule has 3 nitrogen and oxygen atoms in total. The van der Waals surface area contributed by atoms with Crippen molar-refractivity contribution < 1.29 is 5.11 Å². The minimum atomic E-state index is -0.178. The Kier molecular flexibility index (Phi) is 3.77. The van der Waals surface area contributed by atoms with E-state index in [1.54, 1.807) is 6.07 Å². The van der Waals surface area contributed by atoms with Gasteiger partial charge < -0.3 is 5.11 Å². The van der Waals surface area contributed by atoms with Gasteiger partial charge >= 0.3 is 35.6 Å². The van der Waals surface area contributed by atoms with Crippen LogP contribution in [0.15, 0.2) is 18.5 Å². The normalized spacial score (nSPS) is 7.50. The quantitative estimate of drug-likeness (QED) is 0.471. The minimum absolute atomic E-state index is 0. The van der Waals surface area contributed by atoms with Crippen LogP contribution < -0.4 is 0 Å². The Morgan fingerprint density at radius 1 is 1.25 bits per heavy atom. The zero-order valence-corrected chi connectivity index (χ0v) is 3.57. The first kappa shape index (κ1) is 7.88. The SMILES string of the molecule is Oc1ncccn1.[NaH]. The van der Waals surface area contributed by atoms with E-state index in [0.717, 1.165) is 0 Å². The maximum atomic E-state index is 8.41. The van der Waals surface area contributed by atoms with E-state index in [9.17, 15) is 0 Å². The molecule has 0 radical (unpaired) electrons. The third kappa shape index (κ3) is 2.26. The predicted octanol–water partition coefficient (Wildman–Crippen LogP) is -0.466. The number of nitrogens with zero attached hydrogens (tertiary/aromatic N) is 2. The fraction of sp³-hybridized carbons (Fsp3) is 0. The second-order valence-electron chi connectivity index (χ2n) is 1.05. The Morgan fingerprint density at radius 3 is 2.00 bits per heavy atom. The van der Waals surface area contributed by atoms with E-state index in [-0.39, 0.29) is 35.6 Å². The summed E-state index contributed by atoms with van der Waals surface area (Å²) in [5, 5.41) is 8.41. The molecule has 0 aliphatic carbocycles. The molecule has 0 fully saturated rings. The fourth-order valence-corrected chi connectivity index (χ4v) is 0.291. The van der Waals surface area contributed by atoms with E-state index in [0.29, 0.717) is 0 Å². The second kappa shape index (κ2) is 3.83. The van der Waals surface area contributed by atoms with Crippen LogP contribution in [0.3, 0.4) is 0 Å². The zero-order valence-electron chi connectivity index (χ0n) is 3.57. The van der Waals surface area contributed by atoms with E-state index in [1.165, 1.54) is 12.4 Å². The average Bonchev–Trinajstić information content (AvgIpc) is 1.69. The molecule has 1 rings (SSSR count).